The summed E-state index contributed by atoms with van der Waals surface area (Å²) in [6.07, 6.45) is 0. The second-order valence-electron chi connectivity index (χ2n) is 4.84. The minimum Gasteiger partial charge on any atom is -0.508 e. The Kier molecular flexibility index (Phi) is 4.07. The molecule has 2 rings (SSSR count). The zero-order chi connectivity index (χ0) is 12.4. The van der Waals surface area contributed by atoms with E-state index in [1.165, 1.54) is 0 Å². The van der Waals surface area contributed by atoms with Crippen LogP contribution in [0.25, 0.3) is 0 Å². The van der Waals surface area contributed by atoms with Crippen LogP contribution in [0.4, 0.5) is 0 Å². The Morgan fingerprint density at radius 3 is 2.88 bits per heavy atom. The minimum absolute atomic E-state index is 0.389. The third kappa shape index (κ3) is 3.21. The van der Waals surface area contributed by atoms with Crippen LogP contribution in [0.5, 0.6) is 5.75 Å². The largest absolute Gasteiger partial charge is 0.508 e. The van der Waals surface area contributed by atoms with Crippen LogP contribution in [0.15, 0.2) is 22.7 Å². The summed E-state index contributed by atoms with van der Waals surface area (Å²) in [5.74, 6) is 0.389. The van der Waals surface area contributed by atoms with Gasteiger partial charge in [0.1, 0.15) is 5.75 Å². The van der Waals surface area contributed by atoms with Crippen LogP contribution < -0.4 is 0 Å². The van der Waals surface area contributed by atoms with Gasteiger partial charge in [-0.3, -0.25) is 4.90 Å². The fourth-order valence-electron chi connectivity index (χ4n) is 2.19. The third-order valence-electron chi connectivity index (χ3n) is 3.48. The molecule has 1 N–H and O–H groups in total. The highest BCUT2D eigenvalue weighted by Gasteiger charge is 2.21. The van der Waals surface area contributed by atoms with Crippen LogP contribution in [0, 0.1) is 0 Å². The predicted octanol–water partition coefficient (Wildman–Crippen LogP) is 2.29. The maximum atomic E-state index is 9.83. The Bertz CT molecular complexity index is 397. The first-order valence-corrected chi connectivity index (χ1v) is 6.75. The van der Waals surface area contributed by atoms with Gasteiger partial charge in [-0.1, -0.05) is 15.9 Å². The van der Waals surface area contributed by atoms with Gasteiger partial charge in [0.15, 0.2) is 0 Å². The van der Waals surface area contributed by atoms with Gasteiger partial charge in [-0.25, -0.2) is 0 Å². The number of benzene rings is 1. The molecule has 1 saturated heterocycles. The zero-order valence-electron chi connectivity index (χ0n) is 10.4. The molecule has 17 heavy (non-hydrogen) atoms. The number of hydrogen-bond acceptors (Lipinski definition) is 3. The van der Waals surface area contributed by atoms with Crippen molar-refractivity contribution in [2.45, 2.75) is 19.5 Å². The molecule has 1 aliphatic heterocycles. The van der Waals surface area contributed by atoms with Crippen LogP contribution in [0.3, 0.4) is 0 Å². The van der Waals surface area contributed by atoms with Crippen LogP contribution in [-0.4, -0.2) is 47.6 Å². The van der Waals surface area contributed by atoms with Crippen molar-refractivity contribution < 1.29 is 5.11 Å². The zero-order valence-corrected chi connectivity index (χ0v) is 11.9. The van der Waals surface area contributed by atoms with E-state index in [0.717, 1.165) is 36.2 Å². The van der Waals surface area contributed by atoms with Crippen molar-refractivity contribution in [1.82, 2.24) is 9.80 Å². The maximum Gasteiger partial charge on any atom is 0.120 e. The van der Waals surface area contributed by atoms with E-state index in [0.29, 0.717) is 11.8 Å². The van der Waals surface area contributed by atoms with Crippen LogP contribution >= 0.6 is 15.9 Å². The third-order valence-corrected chi connectivity index (χ3v) is 3.97. The van der Waals surface area contributed by atoms with Crippen molar-refractivity contribution >= 4 is 15.9 Å². The molecule has 1 aromatic carbocycles. The predicted molar refractivity (Wildman–Crippen MR) is 73.2 cm³/mol. The van der Waals surface area contributed by atoms with Gasteiger partial charge in [0.05, 0.1) is 0 Å². The molecule has 1 fully saturated rings. The van der Waals surface area contributed by atoms with Crippen molar-refractivity contribution in [2.24, 2.45) is 0 Å². The van der Waals surface area contributed by atoms with Crippen molar-refractivity contribution in [3.8, 4) is 5.75 Å². The summed E-state index contributed by atoms with van der Waals surface area (Å²) in [6.45, 7) is 6.28. The summed E-state index contributed by atoms with van der Waals surface area (Å²) < 4.78 is 1.02. The molecule has 4 heteroatoms. The molecule has 1 aliphatic rings. The average Bonchev–Trinajstić information content (AvgIpc) is 2.29. The maximum absolute atomic E-state index is 9.83. The second kappa shape index (κ2) is 5.38. The monoisotopic (exact) mass is 298 g/mol. The molecule has 0 aliphatic carbocycles. The smallest absolute Gasteiger partial charge is 0.120 e. The summed E-state index contributed by atoms with van der Waals surface area (Å²) in [6, 6.07) is 6.20. The number of phenols is 1. The summed E-state index contributed by atoms with van der Waals surface area (Å²) in [7, 11) is 2.17. The molecule has 0 amide bonds. The summed E-state index contributed by atoms with van der Waals surface area (Å²) in [5, 5.41) is 9.83. The highest BCUT2D eigenvalue weighted by atomic mass is 79.9. The molecule has 1 unspecified atom stereocenters. The number of likely N-dealkylation sites (N-methyl/N-ethyl adjacent to an activating group) is 1. The first-order valence-electron chi connectivity index (χ1n) is 5.96. The molecule has 1 heterocycles. The Balaban J connectivity index is 2.03. The van der Waals surface area contributed by atoms with E-state index in [1.54, 1.807) is 6.07 Å². The van der Waals surface area contributed by atoms with E-state index in [-0.39, 0.29) is 0 Å². The number of rotatable bonds is 2. The SMILES string of the molecule is CC1CN(Cc2cc(Br)ccc2O)CCN1C. The summed E-state index contributed by atoms with van der Waals surface area (Å²) >= 11 is 3.44. The lowest BCUT2D eigenvalue weighted by Gasteiger charge is -2.37. The molecular weight excluding hydrogens is 280 g/mol. The van der Waals surface area contributed by atoms with Gasteiger partial charge < -0.3 is 10.0 Å². The molecular formula is C13H19BrN2O. The van der Waals surface area contributed by atoms with Gasteiger partial charge in [-0.2, -0.15) is 0 Å². The average molecular weight is 299 g/mol. The fraction of sp³-hybridized carbons (Fsp3) is 0.538. The number of piperazine rings is 1. The van der Waals surface area contributed by atoms with Crippen molar-refractivity contribution in [3.63, 3.8) is 0 Å². The van der Waals surface area contributed by atoms with E-state index < -0.39 is 0 Å². The van der Waals surface area contributed by atoms with Crippen molar-refractivity contribution in [3.05, 3.63) is 28.2 Å². The van der Waals surface area contributed by atoms with Crippen molar-refractivity contribution in [1.29, 1.82) is 0 Å². The highest BCUT2D eigenvalue weighted by Crippen LogP contribution is 2.24. The molecule has 0 spiro atoms. The van der Waals surface area contributed by atoms with Crippen LogP contribution in [0.2, 0.25) is 0 Å². The molecule has 1 atom stereocenters. The Morgan fingerprint density at radius 2 is 2.18 bits per heavy atom. The van der Waals surface area contributed by atoms with E-state index in [4.69, 9.17) is 0 Å². The van der Waals surface area contributed by atoms with Gasteiger partial charge in [0, 0.05) is 42.3 Å². The van der Waals surface area contributed by atoms with Gasteiger partial charge in [0.2, 0.25) is 0 Å². The van der Waals surface area contributed by atoms with Crippen LogP contribution in [0.1, 0.15) is 12.5 Å². The first-order chi connectivity index (χ1) is 8.06. The Hall–Kier alpha value is -0.580. The van der Waals surface area contributed by atoms with E-state index in [2.05, 4.69) is 39.7 Å². The number of nitrogens with zero attached hydrogens (tertiary/aromatic N) is 2. The van der Waals surface area contributed by atoms with Gasteiger partial charge in [-0.15, -0.1) is 0 Å². The van der Waals surface area contributed by atoms with Gasteiger partial charge in [-0.05, 0) is 32.2 Å². The number of halogens is 1. The Labute approximate surface area is 111 Å². The molecule has 0 saturated carbocycles. The van der Waals surface area contributed by atoms with E-state index in [1.807, 2.05) is 12.1 Å². The number of phenolic OH excluding ortho intramolecular Hbond substituents is 1. The molecule has 0 bridgehead atoms. The normalized spacial score (nSPS) is 22.9. The van der Waals surface area contributed by atoms with E-state index in [9.17, 15) is 5.11 Å². The minimum atomic E-state index is 0.389. The quantitative estimate of drug-likeness (QED) is 0.907. The van der Waals surface area contributed by atoms with Gasteiger partial charge >= 0.3 is 0 Å². The molecule has 0 radical (unpaired) electrons. The fourth-order valence-corrected chi connectivity index (χ4v) is 2.60. The standard InChI is InChI=1S/C13H19BrN2O/c1-10-8-16(6-5-15(10)2)9-11-7-12(14)3-4-13(11)17/h3-4,7,10,17H,5-6,8-9H2,1-2H3. The van der Waals surface area contributed by atoms with Gasteiger partial charge in [0.25, 0.3) is 0 Å². The van der Waals surface area contributed by atoms with Crippen LogP contribution in [-0.2, 0) is 6.54 Å². The summed E-state index contributed by atoms with van der Waals surface area (Å²) in [5.41, 5.74) is 0.996. The summed E-state index contributed by atoms with van der Waals surface area (Å²) in [4.78, 5) is 4.77. The van der Waals surface area contributed by atoms with Crippen molar-refractivity contribution in [2.75, 3.05) is 26.7 Å². The Morgan fingerprint density at radius 1 is 1.41 bits per heavy atom. The molecule has 94 valence electrons. The lowest BCUT2D eigenvalue weighted by atomic mass is 10.1. The highest BCUT2D eigenvalue weighted by molar-refractivity contribution is 9.10. The lowest BCUT2D eigenvalue weighted by molar-refractivity contribution is 0.0994. The first kappa shape index (κ1) is 12.9. The second-order valence-corrected chi connectivity index (χ2v) is 5.75. The molecule has 0 aromatic heterocycles. The lowest BCUT2D eigenvalue weighted by Crippen LogP contribution is -2.49. The molecule has 3 nitrogen and oxygen atoms in total. The number of hydrogen-bond donors (Lipinski definition) is 1. The number of aromatic hydroxyl groups is 1. The van der Waals surface area contributed by atoms with E-state index >= 15 is 0 Å². The topological polar surface area (TPSA) is 26.7 Å². The molecule has 1 aromatic rings.